The Hall–Kier alpha value is -0.470. The van der Waals surface area contributed by atoms with Crippen LogP contribution < -0.4 is 5.32 Å². The molecule has 0 saturated carbocycles. The Morgan fingerprint density at radius 2 is 2.06 bits per heavy atom. The van der Waals surface area contributed by atoms with Crippen LogP contribution in [-0.2, 0) is 12.8 Å². The molecule has 1 nitrogen and oxygen atoms in total. The second-order valence-corrected chi connectivity index (χ2v) is 6.24. The van der Waals surface area contributed by atoms with E-state index < -0.39 is 0 Å². The van der Waals surface area contributed by atoms with Gasteiger partial charge in [0.1, 0.15) is 0 Å². The molecule has 0 saturated heterocycles. The SMILES string of the molecule is CSCCCCNC(C)c1ccc2c(c1)CCC2. The first-order valence-electron chi connectivity index (χ1n) is 7.15. The molecule has 1 aliphatic rings. The first kappa shape index (κ1) is 14.0. The Labute approximate surface area is 116 Å². The van der Waals surface area contributed by atoms with Gasteiger partial charge in [0, 0.05) is 6.04 Å². The van der Waals surface area contributed by atoms with Gasteiger partial charge < -0.3 is 5.32 Å². The van der Waals surface area contributed by atoms with Crippen LogP contribution in [0, 0.1) is 0 Å². The molecule has 0 radical (unpaired) electrons. The van der Waals surface area contributed by atoms with Crippen molar-refractivity contribution in [3.63, 3.8) is 0 Å². The molecule has 0 spiro atoms. The lowest BCUT2D eigenvalue weighted by molar-refractivity contribution is 0.555. The number of nitrogens with one attached hydrogen (secondary N) is 1. The predicted molar refractivity (Wildman–Crippen MR) is 82.5 cm³/mol. The molecule has 100 valence electrons. The highest BCUT2D eigenvalue weighted by molar-refractivity contribution is 7.98. The van der Waals surface area contributed by atoms with Crippen LogP contribution in [0.2, 0.25) is 0 Å². The van der Waals surface area contributed by atoms with E-state index in [0.717, 1.165) is 6.54 Å². The summed E-state index contributed by atoms with van der Waals surface area (Å²) in [5.74, 6) is 1.29. The summed E-state index contributed by atoms with van der Waals surface area (Å²) in [5, 5.41) is 3.64. The van der Waals surface area contributed by atoms with E-state index in [1.54, 1.807) is 11.1 Å². The highest BCUT2D eigenvalue weighted by atomic mass is 32.2. The van der Waals surface area contributed by atoms with E-state index in [0.29, 0.717) is 6.04 Å². The number of benzene rings is 1. The quantitative estimate of drug-likeness (QED) is 0.747. The predicted octanol–water partition coefficient (Wildman–Crippen LogP) is 3.97. The van der Waals surface area contributed by atoms with E-state index in [-0.39, 0.29) is 0 Å². The van der Waals surface area contributed by atoms with E-state index in [1.165, 1.54) is 43.4 Å². The Balaban J connectivity index is 1.80. The number of aryl methyl sites for hydroxylation is 2. The second-order valence-electron chi connectivity index (χ2n) is 5.26. The second kappa shape index (κ2) is 7.20. The van der Waals surface area contributed by atoms with E-state index in [1.807, 2.05) is 11.8 Å². The minimum atomic E-state index is 0.491. The Morgan fingerprint density at radius 3 is 2.89 bits per heavy atom. The maximum Gasteiger partial charge on any atom is 0.0291 e. The van der Waals surface area contributed by atoms with Crippen molar-refractivity contribution in [2.24, 2.45) is 0 Å². The van der Waals surface area contributed by atoms with Crippen molar-refractivity contribution in [1.29, 1.82) is 0 Å². The fourth-order valence-corrected chi connectivity index (χ4v) is 3.16. The smallest absolute Gasteiger partial charge is 0.0291 e. The molecular weight excluding hydrogens is 238 g/mol. The van der Waals surface area contributed by atoms with Gasteiger partial charge in [-0.1, -0.05) is 18.2 Å². The summed E-state index contributed by atoms with van der Waals surface area (Å²) in [4.78, 5) is 0. The molecule has 0 bridgehead atoms. The highest BCUT2D eigenvalue weighted by Gasteiger charge is 2.12. The van der Waals surface area contributed by atoms with Gasteiger partial charge in [0.15, 0.2) is 0 Å². The van der Waals surface area contributed by atoms with Gasteiger partial charge in [-0.3, -0.25) is 0 Å². The Kier molecular flexibility index (Phi) is 5.58. The average molecular weight is 263 g/mol. The van der Waals surface area contributed by atoms with Gasteiger partial charge in [-0.2, -0.15) is 11.8 Å². The van der Waals surface area contributed by atoms with Crippen molar-refractivity contribution in [1.82, 2.24) is 5.32 Å². The monoisotopic (exact) mass is 263 g/mol. The third-order valence-corrected chi connectivity index (χ3v) is 4.55. The van der Waals surface area contributed by atoms with Crippen LogP contribution in [0.5, 0.6) is 0 Å². The summed E-state index contributed by atoms with van der Waals surface area (Å²) in [6.45, 7) is 3.42. The van der Waals surface area contributed by atoms with Gasteiger partial charge >= 0.3 is 0 Å². The van der Waals surface area contributed by atoms with Crippen molar-refractivity contribution >= 4 is 11.8 Å². The molecule has 0 fully saturated rings. The summed E-state index contributed by atoms with van der Waals surface area (Å²) in [6, 6.07) is 7.56. The van der Waals surface area contributed by atoms with Crippen LogP contribution in [0.4, 0.5) is 0 Å². The molecule has 0 amide bonds. The summed E-state index contributed by atoms with van der Waals surface area (Å²) < 4.78 is 0. The van der Waals surface area contributed by atoms with Crippen LogP contribution >= 0.6 is 11.8 Å². The highest BCUT2D eigenvalue weighted by Crippen LogP contribution is 2.25. The van der Waals surface area contributed by atoms with Crippen LogP contribution in [0.3, 0.4) is 0 Å². The van der Waals surface area contributed by atoms with Crippen molar-refractivity contribution < 1.29 is 0 Å². The van der Waals surface area contributed by atoms with Crippen LogP contribution in [0.25, 0.3) is 0 Å². The number of rotatable bonds is 7. The van der Waals surface area contributed by atoms with Gasteiger partial charge in [0.25, 0.3) is 0 Å². The molecule has 18 heavy (non-hydrogen) atoms. The molecular formula is C16H25NS. The Bertz CT molecular complexity index is 375. The summed E-state index contributed by atoms with van der Waals surface area (Å²) in [5.41, 5.74) is 4.62. The van der Waals surface area contributed by atoms with Crippen molar-refractivity contribution in [2.75, 3.05) is 18.6 Å². The van der Waals surface area contributed by atoms with Gasteiger partial charge in [-0.05, 0) is 74.3 Å². The topological polar surface area (TPSA) is 12.0 Å². The van der Waals surface area contributed by atoms with Gasteiger partial charge in [0.05, 0.1) is 0 Å². The third kappa shape index (κ3) is 3.76. The molecule has 2 heteroatoms. The van der Waals surface area contributed by atoms with Crippen molar-refractivity contribution in [2.45, 2.75) is 45.1 Å². The molecule has 0 aromatic heterocycles. The molecule has 1 atom stereocenters. The number of hydrogen-bond acceptors (Lipinski definition) is 2. The van der Waals surface area contributed by atoms with Crippen LogP contribution in [0.1, 0.15) is 48.9 Å². The largest absolute Gasteiger partial charge is 0.310 e. The third-order valence-electron chi connectivity index (χ3n) is 3.85. The van der Waals surface area contributed by atoms with E-state index in [4.69, 9.17) is 0 Å². The molecule has 1 aromatic carbocycles. The van der Waals surface area contributed by atoms with Gasteiger partial charge in [-0.25, -0.2) is 0 Å². The first-order chi connectivity index (χ1) is 8.81. The van der Waals surface area contributed by atoms with E-state index in [9.17, 15) is 0 Å². The molecule has 1 unspecified atom stereocenters. The zero-order chi connectivity index (χ0) is 12.8. The zero-order valence-corrected chi connectivity index (χ0v) is 12.5. The number of unbranched alkanes of at least 4 members (excludes halogenated alkanes) is 1. The van der Waals surface area contributed by atoms with Crippen LogP contribution in [-0.4, -0.2) is 18.6 Å². The maximum absolute atomic E-state index is 3.64. The summed E-state index contributed by atoms with van der Waals surface area (Å²) in [6.07, 6.45) is 8.70. The van der Waals surface area contributed by atoms with Crippen LogP contribution in [0.15, 0.2) is 18.2 Å². The normalized spacial score (nSPS) is 15.7. The number of hydrogen-bond donors (Lipinski definition) is 1. The molecule has 0 aliphatic heterocycles. The fourth-order valence-electron chi connectivity index (χ4n) is 2.67. The summed E-state index contributed by atoms with van der Waals surface area (Å²) >= 11 is 1.94. The van der Waals surface area contributed by atoms with Gasteiger partial charge in [-0.15, -0.1) is 0 Å². The summed E-state index contributed by atoms with van der Waals surface area (Å²) in [7, 11) is 0. The number of thioether (sulfide) groups is 1. The lowest BCUT2D eigenvalue weighted by Gasteiger charge is -2.15. The molecule has 1 aliphatic carbocycles. The fraction of sp³-hybridized carbons (Fsp3) is 0.625. The molecule has 1 aromatic rings. The number of fused-ring (bicyclic) bond motifs is 1. The lowest BCUT2D eigenvalue weighted by atomic mass is 10.0. The average Bonchev–Trinajstić information content (AvgIpc) is 2.85. The molecule has 2 rings (SSSR count). The van der Waals surface area contributed by atoms with E-state index in [2.05, 4.69) is 36.7 Å². The lowest BCUT2D eigenvalue weighted by Crippen LogP contribution is -2.20. The minimum Gasteiger partial charge on any atom is -0.310 e. The molecule has 1 N–H and O–H groups in total. The standard InChI is InChI=1S/C16H25NS/c1-13(17-10-3-4-11-18-2)15-9-8-14-6-5-7-16(14)12-15/h8-9,12-13,17H,3-7,10-11H2,1-2H3. The first-order valence-corrected chi connectivity index (χ1v) is 8.54. The van der Waals surface area contributed by atoms with Crippen molar-refractivity contribution in [3.05, 3.63) is 34.9 Å². The zero-order valence-electron chi connectivity index (χ0n) is 11.7. The van der Waals surface area contributed by atoms with Crippen molar-refractivity contribution in [3.8, 4) is 0 Å². The van der Waals surface area contributed by atoms with Gasteiger partial charge in [0.2, 0.25) is 0 Å². The molecule has 0 heterocycles. The Morgan fingerprint density at radius 1 is 1.22 bits per heavy atom. The van der Waals surface area contributed by atoms with E-state index >= 15 is 0 Å². The minimum absolute atomic E-state index is 0.491. The maximum atomic E-state index is 3.64.